The van der Waals surface area contributed by atoms with Gasteiger partial charge in [0.05, 0.1) is 37.7 Å². The highest BCUT2D eigenvalue weighted by atomic mass is 79.9. The second-order valence-corrected chi connectivity index (χ2v) is 11.1. The Morgan fingerprint density at radius 2 is 1.79 bits per heavy atom. The summed E-state index contributed by atoms with van der Waals surface area (Å²) in [6.07, 6.45) is 0.703. The highest BCUT2D eigenvalue weighted by Crippen LogP contribution is 2.44. The van der Waals surface area contributed by atoms with Gasteiger partial charge in [-0.3, -0.25) is 9.59 Å². The maximum absolute atomic E-state index is 14.3. The number of benzene rings is 3. The van der Waals surface area contributed by atoms with Crippen LogP contribution < -0.4 is 19.1 Å². The van der Waals surface area contributed by atoms with E-state index in [9.17, 15) is 9.59 Å². The summed E-state index contributed by atoms with van der Waals surface area (Å²) in [4.78, 5) is 31.4. The lowest BCUT2D eigenvalue weighted by Crippen LogP contribution is -2.49. The van der Waals surface area contributed by atoms with Crippen LogP contribution in [0.15, 0.2) is 59.1 Å². The molecule has 2 amide bonds. The summed E-state index contributed by atoms with van der Waals surface area (Å²) in [7, 11) is 3.16. The summed E-state index contributed by atoms with van der Waals surface area (Å²) in [5.41, 5.74) is 3.48. The molecule has 0 N–H and O–H groups in total. The number of nitrogens with zero attached hydrogens (tertiary/aromatic N) is 2. The third-order valence-electron chi connectivity index (χ3n) is 7.34. The molecular weight excluding hydrogens is 584 g/mol. The topological polar surface area (TPSA) is 68.3 Å². The van der Waals surface area contributed by atoms with E-state index in [2.05, 4.69) is 15.9 Å². The van der Waals surface area contributed by atoms with E-state index in [1.165, 1.54) is 0 Å². The van der Waals surface area contributed by atoms with Crippen LogP contribution in [0.2, 0.25) is 5.02 Å². The summed E-state index contributed by atoms with van der Waals surface area (Å²) >= 11 is 9.94. The second kappa shape index (κ2) is 11.5. The molecule has 3 aromatic carbocycles. The number of rotatable bonds is 5. The van der Waals surface area contributed by atoms with Gasteiger partial charge in [0.15, 0.2) is 11.5 Å². The first-order valence-corrected chi connectivity index (χ1v) is 14.0. The summed E-state index contributed by atoms with van der Waals surface area (Å²) < 4.78 is 17.8. The monoisotopic (exact) mass is 612 g/mol. The van der Waals surface area contributed by atoms with Gasteiger partial charge in [-0.05, 0) is 55.3 Å². The number of carbonyl (C=O) groups excluding carboxylic acids is 2. The van der Waals surface area contributed by atoms with Crippen molar-refractivity contribution in [3.05, 3.63) is 80.8 Å². The molecule has 204 valence electrons. The van der Waals surface area contributed by atoms with Crippen LogP contribution in [-0.4, -0.2) is 44.1 Å². The third-order valence-corrected chi connectivity index (χ3v) is 8.08. The van der Waals surface area contributed by atoms with E-state index in [0.717, 1.165) is 26.9 Å². The van der Waals surface area contributed by atoms with Gasteiger partial charge in [-0.15, -0.1) is 0 Å². The highest BCUT2D eigenvalue weighted by molar-refractivity contribution is 9.10. The largest absolute Gasteiger partial charge is 0.493 e. The Kier molecular flexibility index (Phi) is 8.05. The quantitative estimate of drug-likeness (QED) is 0.336. The van der Waals surface area contributed by atoms with Crippen molar-refractivity contribution in [2.24, 2.45) is 5.92 Å². The van der Waals surface area contributed by atoms with E-state index in [1.54, 1.807) is 25.2 Å². The molecule has 0 spiro atoms. The van der Waals surface area contributed by atoms with Gasteiger partial charge in [-0.2, -0.15) is 0 Å². The second-order valence-electron chi connectivity index (χ2n) is 9.79. The minimum absolute atomic E-state index is 0.0251. The van der Waals surface area contributed by atoms with Crippen LogP contribution in [0.5, 0.6) is 17.2 Å². The Balaban J connectivity index is 1.57. The molecule has 7 nitrogen and oxygen atoms in total. The lowest BCUT2D eigenvalue weighted by molar-refractivity contribution is -0.139. The summed E-state index contributed by atoms with van der Waals surface area (Å²) in [6.45, 7) is 3.11. The van der Waals surface area contributed by atoms with Crippen LogP contribution in [0, 0.1) is 12.8 Å². The van der Waals surface area contributed by atoms with Gasteiger partial charge in [0.2, 0.25) is 11.8 Å². The number of amides is 2. The van der Waals surface area contributed by atoms with Crippen molar-refractivity contribution in [1.82, 2.24) is 4.90 Å². The number of carbonyl (C=O) groups is 2. The number of hydrogen-bond donors (Lipinski definition) is 0. The maximum Gasteiger partial charge on any atom is 0.228 e. The summed E-state index contributed by atoms with van der Waals surface area (Å²) in [6, 6.07) is 16.6. The zero-order chi connectivity index (χ0) is 27.7. The van der Waals surface area contributed by atoms with E-state index < -0.39 is 12.0 Å². The van der Waals surface area contributed by atoms with Crippen molar-refractivity contribution < 1.29 is 23.8 Å². The van der Waals surface area contributed by atoms with Gasteiger partial charge in [0, 0.05) is 28.7 Å². The zero-order valence-electron chi connectivity index (χ0n) is 22.1. The molecule has 2 aliphatic heterocycles. The van der Waals surface area contributed by atoms with E-state index >= 15 is 0 Å². The third kappa shape index (κ3) is 5.45. The minimum Gasteiger partial charge on any atom is -0.493 e. The average molecular weight is 614 g/mol. The summed E-state index contributed by atoms with van der Waals surface area (Å²) in [5, 5.41) is 0.505. The van der Waals surface area contributed by atoms with Crippen molar-refractivity contribution in [3.63, 3.8) is 0 Å². The Morgan fingerprint density at radius 3 is 2.51 bits per heavy atom. The number of fused-ring (bicyclic) bond motifs is 1. The lowest BCUT2D eigenvalue weighted by Gasteiger charge is -2.42. The molecule has 1 saturated heterocycles. The average Bonchev–Trinajstić information content (AvgIpc) is 3.15. The number of piperidine rings is 1. The van der Waals surface area contributed by atoms with E-state index in [-0.39, 0.29) is 18.2 Å². The van der Waals surface area contributed by atoms with Crippen molar-refractivity contribution in [3.8, 4) is 17.2 Å². The van der Waals surface area contributed by atoms with Crippen LogP contribution in [0.25, 0.3) is 0 Å². The molecule has 2 atom stereocenters. The number of anilines is 1. The molecule has 9 heteroatoms. The van der Waals surface area contributed by atoms with Gasteiger partial charge in [0.25, 0.3) is 0 Å². The highest BCUT2D eigenvalue weighted by Gasteiger charge is 2.43. The molecule has 0 aliphatic carbocycles. The summed E-state index contributed by atoms with van der Waals surface area (Å²) in [5.74, 6) is 1.18. The molecular formula is C30H30BrClN2O5. The Bertz CT molecular complexity index is 1400. The van der Waals surface area contributed by atoms with Crippen LogP contribution in [0.1, 0.15) is 35.6 Å². The van der Waals surface area contributed by atoms with Crippen molar-refractivity contribution in [2.75, 3.05) is 32.3 Å². The van der Waals surface area contributed by atoms with Crippen LogP contribution in [0.4, 0.5) is 5.69 Å². The predicted molar refractivity (Wildman–Crippen MR) is 154 cm³/mol. The fourth-order valence-electron chi connectivity index (χ4n) is 5.44. The van der Waals surface area contributed by atoms with Gasteiger partial charge < -0.3 is 24.0 Å². The molecule has 0 saturated carbocycles. The molecule has 3 aromatic rings. The molecule has 0 radical (unpaired) electrons. The fourth-order valence-corrected chi connectivity index (χ4v) is 6.37. The SMILES string of the molecule is COc1ccc(C2C(C(=O)N3CCOc4c(Cl)cc(Br)cc4C3)CCC(=O)N2c2ccc(C)cc2)cc1OC. The van der Waals surface area contributed by atoms with Gasteiger partial charge >= 0.3 is 0 Å². The van der Waals surface area contributed by atoms with Crippen LogP contribution in [0.3, 0.4) is 0 Å². The number of hydrogen-bond acceptors (Lipinski definition) is 5. The number of aryl methyl sites for hydroxylation is 1. The molecule has 0 bridgehead atoms. The van der Waals surface area contributed by atoms with Crippen LogP contribution in [-0.2, 0) is 16.1 Å². The van der Waals surface area contributed by atoms with Crippen molar-refractivity contribution >= 4 is 45.0 Å². The van der Waals surface area contributed by atoms with Gasteiger partial charge in [0.1, 0.15) is 12.4 Å². The molecule has 1 fully saturated rings. The smallest absolute Gasteiger partial charge is 0.228 e. The molecule has 2 aliphatic rings. The number of halogens is 2. The first kappa shape index (κ1) is 27.3. The molecule has 0 aromatic heterocycles. The molecule has 5 rings (SSSR count). The standard InChI is InChI=1S/C30H30BrClN2O5/c1-18-4-7-22(8-5-18)34-27(35)11-9-23(28(34)19-6-10-25(37-2)26(15-19)38-3)30(36)33-12-13-39-29-20(17-33)14-21(31)16-24(29)32/h4-8,10,14-16,23,28H,9,11-13,17H2,1-3H3. The van der Waals surface area contributed by atoms with E-state index in [0.29, 0.717) is 48.4 Å². The molecule has 2 heterocycles. The molecule has 39 heavy (non-hydrogen) atoms. The van der Waals surface area contributed by atoms with Gasteiger partial charge in [-0.25, -0.2) is 0 Å². The number of methoxy groups -OCH3 is 2. The predicted octanol–water partition coefficient (Wildman–Crippen LogP) is 6.33. The Hall–Kier alpha value is -3.23. The first-order valence-electron chi connectivity index (χ1n) is 12.8. The zero-order valence-corrected chi connectivity index (χ0v) is 24.4. The lowest BCUT2D eigenvalue weighted by atomic mass is 9.82. The van der Waals surface area contributed by atoms with E-state index in [4.69, 9.17) is 25.8 Å². The van der Waals surface area contributed by atoms with Crippen LogP contribution >= 0.6 is 27.5 Å². The maximum atomic E-state index is 14.3. The first-order chi connectivity index (χ1) is 18.8. The van der Waals surface area contributed by atoms with Gasteiger partial charge in [-0.1, -0.05) is 51.3 Å². The molecule has 2 unspecified atom stereocenters. The fraction of sp³-hybridized carbons (Fsp3) is 0.333. The minimum atomic E-state index is -0.531. The Labute approximate surface area is 241 Å². The van der Waals surface area contributed by atoms with Crippen molar-refractivity contribution in [2.45, 2.75) is 32.4 Å². The number of ether oxygens (including phenoxy) is 3. The van der Waals surface area contributed by atoms with Crippen molar-refractivity contribution in [1.29, 1.82) is 0 Å². The Morgan fingerprint density at radius 1 is 1.05 bits per heavy atom. The normalized spacial score (nSPS) is 19.2. The van der Waals surface area contributed by atoms with E-state index in [1.807, 2.05) is 60.4 Å².